The average molecular weight is 361 g/mol. The molecule has 0 saturated heterocycles. The van der Waals surface area contributed by atoms with Gasteiger partial charge in [0.15, 0.2) is 0 Å². The SMILES string of the molecule is COC(=O)CC(NC(=O)C1CCCCC1C(=O)O)c1cccc(C)c1C. The number of carbonyl (C=O) groups is 3. The van der Waals surface area contributed by atoms with E-state index in [-0.39, 0.29) is 12.3 Å². The van der Waals surface area contributed by atoms with Crippen molar-refractivity contribution in [2.45, 2.75) is 52.0 Å². The van der Waals surface area contributed by atoms with E-state index < -0.39 is 29.8 Å². The number of nitrogens with one attached hydrogen (secondary N) is 1. The molecule has 1 saturated carbocycles. The second kappa shape index (κ2) is 8.83. The molecule has 142 valence electrons. The number of amides is 1. The van der Waals surface area contributed by atoms with Gasteiger partial charge in [-0.15, -0.1) is 0 Å². The van der Waals surface area contributed by atoms with Gasteiger partial charge in [0.25, 0.3) is 0 Å². The number of aryl methyl sites for hydroxylation is 1. The molecule has 2 rings (SSSR count). The van der Waals surface area contributed by atoms with Crippen molar-refractivity contribution in [2.24, 2.45) is 11.8 Å². The van der Waals surface area contributed by atoms with E-state index in [1.54, 1.807) is 0 Å². The van der Waals surface area contributed by atoms with Crippen LogP contribution in [0, 0.1) is 25.7 Å². The molecule has 3 atom stereocenters. The largest absolute Gasteiger partial charge is 0.481 e. The van der Waals surface area contributed by atoms with Crippen LogP contribution in [-0.2, 0) is 19.1 Å². The molecule has 0 aliphatic heterocycles. The Kier molecular flexibility index (Phi) is 6.77. The summed E-state index contributed by atoms with van der Waals surface area (Å²) in [5.74, 6) is -2.88. The highest BCUT2D eigenvalue weighted by Crippen LogP contribution is 2.32. The topological polar surface area (TPSA) is 92.7 Å². The maximum Gasteiger partial charge on any atom is 0.307 e. The summed E-state index contributed by atoms with van der Waals surface area (Å²) in [5.41, 5.74) is 2.92. The Morgan fingerprint density at radius 1 is 1.19 bits per heavy atom. The van der Waals surface area contributed by atoms with Gasteiger partial charge in [-0.1, -0.05) is 31.0 Å². The summed E-state index contributed by atoms with van der Waals surface area (Å²) in [6.45, 7) is 3.92. The number of methoxy groups -OCH3 is 1. The Morgan fingerprint density at radius 3 is 2.46 bits per heavy atom. The minimum atomic E-state index is -0.930. The average Bonchev–Trinajstić information content (AvgIpc) is 2.63. The molecule has 0 radical (unpaired) electrons. The van der Waals surface area contributed by atoms with Crippen molar-refractivity contribution in [1.82, 2.24) is 5.32 Å². The molecule has 0 heterocycles. The first-order valence-electron chi connectivity index (χ1n) is 9.01. The number of rotatable bonds is 6. The van der Waals surface area contributed by atoms with Crippen LogP contribution in [0.15, 0.2) is 18.2 Å². The molecule has 1 aliphatic rings. The van der Waals surface area contributed by atoms with Gasteiger partial charge in [-0.2, -0.15) is 0 Å². The summed E-state index contributed by atoms with van der Waals surface area (Å²) >= 11 is 0. The molecule has 26 heavy (non-hydrogen) atoms. The minimum Gasteiger partial charge on any atom is -0.481 e. The van der Waals surface area contributed by atoms with E-state index in [1.165, 1.54) is 7.11 Å². The molecular weight excluding hydrogens is 334 g/mol. The number of aliphatic carboxylic acids is 1. The molecule has 0 bridgehead atoms. The maximum atomic E-state index is 12.8. The fraction of sp³-hybridized carbons (Fsp3) is 0.550. The van der Waals surface area contributed by atoms with Crippen LogP contribution in [0.5, 0.6) is 0 Å². The van der Waals surface area contributed by atoms with Crippen LogP contribution in [0.25, 0.3) is 0 Å². The summed E-state index contributed by atoms with van der Waals surface area (Å²) in [6, 6.07) is 5.20. The Labute approximate surface area is 153 Å². The zero-order chi connectivity index (χ0) is 19.3. The molecular formula is C20H27NO5. The van der Waals surface area contributed by atoms with E-state index in [0.29, 0.717) is 12.8 Å². The second-order valence-electron chi connectivity index (χ2n) is 6.97. The first-order chi connectivity index (χ1) is 12.3. The van der Waals surface area contributed by atoms with Gasteiger partial charge in [-0.05, 0) is 43.4 Å². The van der Waals surface area contributed by atoms with Gasteiger partial charge in [-0.3, -0.25) is 14.4 Å². The van der Waals surface area contributed by atoms with Crippen LogP contribution in [0.3, 0.4) is 0 Å². The highest BCUT2D eigenvalue weighted by molar-refractivity contribution is 5.85. The number of carbonyl (C=O) groups excluding carboxylic acids is 2. The summed E-state index contributed by atoms with van der Waals surface area (Å²) in [5, 5.41) is 12.3. The molecule has 1 aromatic rings. The zero-order valence-electron chi connectivity index (χ0n) is 15.6. The number of ether oxygens (including phenoxy) is 1. The number of carboxylic acid groups (broad SMARTS) is 1. The summed E-state index contributed by atoms with van der Waals surface area (Å²) in [4.78, 5) is 36.2. The number of hydrogen-bond donors (Lipinski definition) is 2. The Morgan fingerprint density at radius 2 is 1.85 bits per heavy atom. The van der Waals surface area contributed by atoms with Crippen molar-refractivity contribution < 1.29 is 24.2 Å². The van der Waals surface area contributed by atoms with Crippen LogP contribution in [0.1, 0.15) is 54.8 Å². The van der Waals surface area contributed by atoms with Crippen LogP contribution in [0.4, 0.5) is 0 Å². The molecule has 1 aliphatic carbocycles. The monoisotopic (exact) mass is 361 g/mol. The highest BCUT2D eigenvalue weighted by Gasteiger charge is 2.36. The van der Waals surface area contributed by atoms with E-state index >= 15 is 0 Å². The lowest BCUT2D eigenvalue weighted by Crippen LogP contribution is -2.41. The lowest BCUT2D eigenvalue weighted by molar-refractivity contribution is -0.149. The van der Waals surface area contributed by atoms with Gasteiger partial charge in [0, 0.05) is 0 Å². The molecule has 1 aromatic carbocycles. The van der Waals surface area contributed by atoms with Crippen molar-refractivity contribution in [1.29, 1.82) is 0 Å². The van der Waals surface area contributed by atoms with Crippen molar-refractivity contribution in [3.8, 4) is 0 Å². The number of benzene rings is 1. The van der Waals surface area contributed by atoms with E-state index in [2.05, 4.69) is 5.32 Å². The number of hydrogen-bond acceptors (Lipinski definition) is 4. The van der Waals surface area contributed by atoms with Crippen molar-refractivity contribution in [3.05, 3.63) is 34.9 Å². The first-order valence-corrected chi connectivity index (χ1v) is 9.01. The standard InChI is InChI=1S/C20H27NO5/c1-12-7-6-10-14(13(12)2)17(11-18(22)26-3)21-19(23)15-8-4-5-9-16(15)20(24)25/h6-7,10,15-17H,4-5,8-9,11H2,1-3H3,(H,21,23)(H,24,25). The van der Waals surface area contributed by atoms with Crippen LogP contribution in [-0.4, -0.2) is 30.1 Å². The summed E-state index contributed by atoms with van der Waals surface area (Å²) < 4.78 is 4.77. The lowest BCUT2D eigenvalue weighted by atomic mass is 9.78. The van der Waals surface area contributed by atoms with Crippen LogP contribution in [0.2, 0.25) is 0 Å². The first kappa shape index (κ1) is 19.9. The van der Waals surface area contributed by atoms with E-state index in [0.717, 1.165) is 29.5 Å². The third-order valence-electron chi connectivity index (χ3n) is 5.36. The molecule has 0 aromatic heterocycles. The second-order valence-corrected chi connectivity index (χ2v) is 6.97. The molecule has 1 amide bonds. The normalized spacial score (nSPS) is 20.9. The maximum absolute atomic E-state index is 12.8. The van der Waals surface area contributed by atoms with Gasteiger partial charge >= 0.3 is 11.9 Å². The van der Waals surface area contributed by atoms with Gasteiger partial charge < -0.3 is 15.2 Å². The van der Waals surface area contributed by atoms with Crippen molar-refractivity contribution in [2.75, 3.05) is 7.11 Å². The quantitative estimate of drug-likeness (QED) is 0.760. The predicted molar refractivity (Wildman–Crippen MR) is 96.5 cm³/mol. The van der Waals surface area contributed by atoms with Crippen molar-refractivity contribution >= 4 is 17.8 Å². The van der Waals surface area contributed by atoms with Gasteiger partial charge in [0.1, 0.15) is 0 Å². The molecule has 0 spiro atoms. The highest BCUT2D eigenvalue weighted by atomic mass is 16.5. The lowest BCUT2D eigenvalue weighted by Gasteiger charge is -2.30. The van der Waals surface area contributed by atoms with Crippen molar-refractivity contribution in [3.63, 3.8) is 0 Å². The van der Waals surface area contributed by atoms with Gasteiger partial charge in [-0.25, -0.2) is 0 Å². The Balaban J connectivity index is 2.25. The Bertz CT molecular complexity index is 685. The fourth-order valence-electron chi connectivity index (χ4n) is 3.66. The third kappa shape index (κ3) is 4.62. The minimum absolute atomic E-state index is 0.0109. The summed E-state index contributed by atoms with van der Waals surface area (Å²) in [7, 11) is 1.31. The van der Waals surface area contributed by atoms with Crippen LogP contribution >= 0.6 is 0 Å². The van der Waals surface area contributed by atoms with E-state index in [4.69, 9.17) is 4.74 Å². The van der Waals surface area contributed by atoms with Gasteiger partial charge in [0.05, 0.1) is 31.4 Å². The smallest absolute Gasteiger partial charge is 0.307 e. The molecule has 6 nitrogen and oxygen atoms in total. The number of carboxylic acids is 1. The zero-order valence-corrected chi connectivity index (χ0v) is 15.6. The molecule has 3 unspecified atom stereocenters. The summed E-state index contributed by atoms with van der Waals surface area (Å²) in [6.07, 6.45) is 2.74. The molecule has 1 fully saturated rings. The fourth-order valence-corrected chi connectivity index (χ4v) is 3.66. The third-order valence-corrected chi connectivity index (χ3v) is 5.36. The van der Waals surface area contributed by atoms with E-state index in [9.17, 15) is 19.5 Å². The van der Waals surface area contributed by atoms with E-state index in [1.807, 2.05) is 32.0 Å². The molecule has 6 heteroatoms. The predicted octanol–water partition coefficient (Wildman–Crippen LogP) is 2.91. The Hall–Kier alpha value is -2.37. The van der Waals surface area contributed by atoms with Crippen LogP contribution < -0.4 is 5.32 Å². The number of esters is 1. The van der Waals surface area contributed by atoms with Gasteiger partial charge in [0.2, 0.25) is 5.91 Å². The molecule has 2 N–H and O–H groups in total.